The first-order chi connectivity index (χ1) is 13.6. The van der Waals surface area contributed by atoms with Gasteiger partial charge in [-0.25, -0.2) is 0 Å². The van der Waals surface area contributed by atoms with Crippen molar-refractivity contribution in [3.8, 4) is 0 Å². The third-order valence-corrected chi connectivity index (χ3v) is 5.79. The van der Waals surface area contributed by atoms with E-state index in [4.69, 9.17) is 0 Å². The number of carbonyl (C=O) groups is 2. The van der Waals surface area contributed by atoms with Crippen molar-refractivity contribution in [1.82, 2.24) is 0 Å². The van der Waals surface area contributed by atoms with E-state index in [0.29, 0.717) is 12.0 Å². The number of amides is 2. The minimum absolute atomic E-state index is 0.0938. The summed E-state index contributed by atoms with van der Waals surface area (Å²) >= 11 is 0. The summed E-state index contributed by atoms with van der Waals surface area (Å²) in [6, 6.07) is 11.9. The molecule has 0 bridgehead atoms. The SMILES string of the molecule is CCN(CC)c1ccc(NC(=O)c2cc3c4c(c2)CCC(=O)N4CCC3)cc1. The van der Waals surface area contributed by atoms with Crippen molar-refractivity contribution in [2.45, 2.75) is 39.5 Å². The molecule has 0 unspecified atom stereocenters. The standard InChI is InChI=1S/C23H27N3O2/c1-3-25(4-2)20-10-8-19(9-11-20)24-23(28)18-14-16-6-5-13-26-21(27)12-7-17(15-18)22(16)26/h8-11,14-15H,3-7,12-13H2,1-2H3,(H,24,28). The summed E-state index contributed by atoms with van der Waals surface area (Å²) in [5.74, 6) is 0.114. The van der Waals surface area contributed by atoms with Gasteiger partial charge >= 0.3 is 0 Å². The van der Waals surface area contributed by atoms with Crippen LogP contribution in [0.15, 0.2) is 36.4 Å². The van der Waals surface area contributed by atoms with E-state index >= 15 is 0 Å². The van der Waals surface area contributed by atoms with Crippen molar-refractivity contribution in [1.29, 1.82) is 0 Å². The van der Waals surface area contributed by atoms with Gasteiger partial charge in [-0.2, -0.15) is 0 Å². The second-order valence-corrected chi connectivity index (χ2v) is 7.47. The molecular formula is C23H27N3O2. The van der Waals surface area contributed by atoms with E-state index in [1.165, 1.54) is 0 Å². The van der Waals surface area contributed by atoms with Crippen LogP contribution in [0, 0.1) is 0 Å². The summed E-state index contributed by atoms with van der Waals surface area (Å²) in [5, 5.41) is 3.02. The summed E-state index contributed by atoms with van der Waals surface area (Å²) in [4.78, 5) is 29.2. The Balaban J connectivity index is 1.55. The van der Waals surface area contributed by atoms with E-state index in [9.17, 15) is 9.59 Å². The zero-order valence-electron chi connectivity index (χ0n) is 16.6. The van der Waals surface area contributed by atoms with Crippen LogP contribution in [0.25, 0.3) is 0 Å². The molecule has 4 rings (SSSR count). The molecule has 5 heteroatoms. The number of anilines is 3. The highest BCUT2D eigenvalue weighted by Gasteiger charge is 2.30. The molecule has 0 atom stereocenters. The van der Waals surface area contributed by atoms with Gasteiger partial charge < -0.3 is 15.1 Å². The van der Waals surface area contributed by atoms with Crippen LogP contribution in [0.2, 0.25) is 0 Å². The molecule has 2 amide bonds. The lowest BCUT2D eigenvalue weighted by molar-refractivity contribution is -0.119. The Morgan fingerprint density at radius 1 is 1.04 bits per heavy atom. The highest BCUT2D eigenvalue weighted by atomic mass is 16.2. The molecule has 0 saturated heterocycles. The quantitative estimate of drug-likeness (QED) is 0.857. The van der Waals surface area contributed by atoms with Gasteiger partial charge in [0.25, 0.3) is 5.91 Å². The summed E-state index contributed by atoms with van der Waals surface area (Å²) in [7, 11) is 0. The number of rotatable bonds is 5. The zero-order chi connectivity index (χ0) is 19.7. The second-order valence-electron chi connectivity index (χ2n) is 7.47. The van der Waals surface area contributed by atoms with Crippen LogP contribution in [0.3, 0.4) is 0 Å². The van der Waals surface area contributed by atoms with Crippen LogP contribution in [0.5, 0.6) is 0 Å². The number of benzene rings is 2. The second kappa shape index (κ2) is 7.66. The van der Waals surface area contributed by atoms with E-state index in [1.54, 1.807) is 0 Å². The fourth-order valence-corrected chi connectivity index (χ4v) is 4.33. The number of nitrogens with zero attached hydrogens (tertiary/aromatic N) is 2. The number of carbonyl (C=O) groups excluding carboxylic acids is 2. The van der Waals surface area contributed by atoms with Crippen molar-refractivity contribution in [3.05, 3.63) is 53.1 Å². The minimum atomic E-state index is -0.0938. The van der Waals surface area contributed by atoms with Crippen molar-refractivity contribution in [2.24, 2.45) is 0 Å². The Bertz CT molecular complexity index is 884. The lowest BCUT2D eigenvalue weighted by Crippen LogP contribution is -2.39. The summed E-state index contributed by atoms with van der Waals surface area (Å²) in [6.07, 6.45) is 3.13. The average Bonchev–Trinajstić information content (AvgIpc) is 2.72. The largest absolute Gasteiger partial charge is 0.372 e. The fourth-order valence-electron chi connectivity index (χ4n) is 4.33. The number of nitrogens with one attached hydrogen (secondary N) is 1. The fraction of sp³-hybridized carbons (Fsp3) is 0.391. The molecule has 0 fully saturated rings. The maximum absolute atomic E-state index is 12.9. The first kappa shape index (κ1) is 18.5. The monoisotopic (exact) mass is 377 g/mol. The van der Waals surface area contributed by atoms with Crippen LogP contribution in [0.1, 0.15) is 48.2 Å². The lowest BCUT2D eigenvalue weighted by atomic mass is 9.89. The first-order valence-electron chi connectivity index (χ1n) is 10.2. The van der Waals surface area contributed by atoms with Crippen LogP contribution in [-0.2, 0) is 17.6 Å². The molecule has 146 valence electrons. The molecule has 0 spiro atoms. The molecule has 28 heavy (non-hydrogen) atoms. The molecule has 2 aliphatic rings. The van der Waals surface area contributed by atoms with Gasteiger partial charge in [-0.3, -0.25) is 9.59 Å². The van der Waals surface area contributed by atoms with Crippen molar-refractivity contribution < 1.29 is 9.59 Å². The highest BCUT2D eigenvalue weighted by molar-refractivity contribution is 6.06. The average molecular weight is 377 g/mol. The minimum Gasteiger partial charge on any atom is -0.372 e. The molecule has 2 aromatic carbocycles. The predicted molar refractivity (Wildman–Crippen MR) is 113 cm³/mol. The first-order valence-corrected chi connectivity index (χ1v) is 10.2. The van der Waals surface area contributed by atoms with Gasteiger partial charge in [-0.15, -0.1) is 0 Å². The van der Waals surface area contributed by atoms with E-state index in [2.05, 4.69) is 24.1 Å². The van der Waals surface area contributed by atoms with Crippen LogP contribution >= 0.6 is 0 Å². The van der Waals surface area contributed by atoms with Gasteiger partial charge in [0, 0.05) is 43.0 Å². The van der Waals surface area contributed by atoms with E-state index in [0.717, 1.165) is 67.1 Å². The van der Waals surface area contributed by atoms with Gasteiger partial charge in [0.05, 0.1) is 5.69 Å². The smallest absolute Gasteiger partial charge is 0.255 e. The Morgan fingerprint density at radius 2 is 1.71 bits per heavy atom. The molecule has 2 aliphatic heterocycles. The highest BCUT2D eigenvalue weighted by Crippen LogP contribution is 2.36. The molecule has 1 N–H and O–H groups in total. The van der Waals surface area contributed by atoms with E-state index < -0.39 is 0 Å². The number of aryl methyl sites for hydroxylation is 2. The Kier molecular flexibility index (Phi) is 5.07. The van der Waals surface area contributed by atoms with Gasteiger partial charge in [0.15, 0.2) is 0 Å². The molecule has 0 saturated carbocycles. The zero-order valence-corrected chi connectivity index (χ0v) is 16.6. The maximum atomic E-state index is 12.9. The number of hydrogen-bond donors (Lipinski definition) is 1. The summed E-state index contributed by atoms with van der Waals surface area (Å²) < 4.78 is 0. The van der Waals surface area contributed by atoms with E-state index in [1.807, 2.05) is 41.3 Å². The lowest BCUT2D eigenvalue weighted by Gasteiger charge is -2.35. The molecule has 0 aromatic heterocycles. The predicted octanol–water partition coefficient (Wildman–Crippen LogP) is 4.01. The Labute approximate surface area is 166 Å². The van der Waals surface area contributed by atoms with Crippen molar-refractivity contribution >= 4 is 28.9 Å². The molecule has 0 radical (unpaired) electrons. The van der Waals surface area contributed by atoms with Crippen LogP contribution in [0.4, 0.5) is 17.1 Å². The topological polar surface area (TPSA) is 52.7 Å². The van der Waals surface area contributed by atoms with Gasteiger partial charge in [0.2, 0.25) is 5.91 Å². The van der Waals surface area contributed by atoms with Crippen LogP contribution in [-0.4, -0.2) is 31.4 Å². The van der Waals surface area contributed by atoms with Crippen molar-refractivity contribution in [3.63, 3.8) is 0 Å². The van der Waals surface area contributed by atoms with Gasteiger partial charge in [-0.1, -0.05) is 0 Å². The van der Waals surface area contributed by atoms with Crippen molar-refractivity contribution in [2.75, 3.05) is 34.8 Å². The normalized spacial score (nSPS) is 15.2. The molecule has 5 nitrogen and oxygen atoms in total. The molecule has 2 aromatic rings. The van der Waals surface area contributed by atoms with Gasteiger partial charge in [0.1, 0.15) is 0 Å². The molecule has 0 aliphatic carbocycles. The Morgan fingerprint density at radius 3 is 2.39 bits per heavy atom. The third kappa shape index (κ3) is 3.37. The molecular weight excluding hydrogens is 350 g/mol. The third-order valence-electron chi connectivity index (χ3n) is 5.79. The van der Waals surface area contributed by atoms with Crippen LogP contribution < -0.4 is 15.1 Å². The number of hydrogen-bond acceptors (Lipinski definition) is 3. The summed E-state index contributed by atoms with van der Waals surface area (Å²) in [5.41, 5.74) is 5.94. The Hall–Kier alpha value is -2.82. The maximum Gasteiger partial charge on any atom is 0.255 e. The summed E-state index contributed by atoms with van der Waals surface area (Å²) in [6.45, 7) is 6.98. The molecule has 2 heterocycles. The van der Waals surface area contributed by atoms with Gasteiger partial charge in [-0.05, 0) is 80.6 Å². The van der Waals surface area contributed by atoms with E-state index in [-0.39, 0.29) is 11.8 Å².